The molecule has 1 aliphatic carbocycles. The maximum atomic E-state index is 2.51. The molecular formula is C63H47NS. The van der Waals surface area contributed by atoms with Gasteiger partial charge in [-0.1, -0.05) is 209 Å². The lowest BCUT2D eigenvalue weighted by Gasteiger charge is -2.34. The molecule has 2 heteroatoms. The summed E-state index contributed by atoms with van der Waals surface area (Å²) in [7, 11) is 0. The monoisotopic (exact) mass is 849 g/mol. The van der Waals surface area contributed by atoms with E-state index < -0.39 is 5.41 Å². The third-order valence-corrected chi connectivity index (χ3v) is 14.9. The van der Waals surface area contributed by atoms with Crippen molar-refractivity contribution in [3.8, 4) is 33.4 Å². The van der Waals surface area contributed by atoms with Gasteiger partial charge in [0, 0.05) is 37.1 Å². The molecule has 0 unspecified atom stereocenters. The molecule has 1 aliphatic rings. The summed E-state index contributed by atoms with van der Waals surface area (Å²) in [4.78, 5) is 2.51. The van der Waals surface area contributed by atoms with Crippen LogP contribution < -0.4 is 4.90 Å². The van der Waals surface area contributed by atoms with Crippen LogP contribution in [0.15, 0.2) is 231 Å². The van der Waals surface area contributed by atoms with Crippen molar-refractivity contribution in [2.45, 2.75) is 31.6 Å². The van der Waals surface area contributed by atoms with Crippen LogP contribution in [0, 0.1) is 0 Å². The van der Waals surface area contributed by atoms with Gasteiger partial charge in [-0.3, -0.25) is 0 Å². The molecule has 1 nitrogen and oxygen atoms in total. The van der Waals surface area contributed by atoms with Crippen molar-refractivity contribution in [1.82, 2.24) is 0 Å². The highest BCUT2D eigenvalue weighted by Gasteiger charge is 2.46. The summed E-state index contributed by atoms with van der Waals surface area (Å²) in [5, 5.41) is 5.04. The number of anilines is 3. The van der Waals surface area contributed by atoms with Gasteiger partial charge in [0.2, 0.25) is 0 Å². The SMILES string of the molecule is CC(C)(C)c1ccc(N(c2ccc3c(c2)-c2ccccc2C3(c2ccccc2)c2ccccc2)c2ccc3ccccc3c2-c2ccccc2-c2cccc3sc4ccccc4c23)cc1. The third-order valence-electron chi connectivity index (χ3n) is 13.7. The van der Waals surface area contributed by atoms with Gasteiger partial charge in [-0.05, 0) is 114 Å². The van der Waals surface area contributed by atoms with E-state index in [0.29, 0.717) is 0 Å². The molecule has 0 N–H and O–H groups in total. The second-order valence-corrected chi connectivity index (χ2v) is 19.5. The lowest BCUT2D eigenvalue weighted by molar-refractivity contribution is 0.590. The maximum absolute atomic E-state index is 2.51. The smallest absolute Gasteiger partial charge is 0.0713 e. The Kier molecular flexibility index (Phi) is 9.22. The Balaban J connectivity index is 1.14. The highest BCUT2D eigenvalue weighted by Crippen LogP contribution is 2.58. The molecule has 1 heterocycles. The number of hydrogen-bond donors (Lipinski definition) is 0. The van der Waals surface area contributed by atoms with Gasteiger partial charge in [0.25, 0.3) is 0 Å². The summed E-state index contributed by atoms with van der Waals surface area (Å²) in [6, 6.07) is 86.0. The number of rotatable bonds is 7. The van der Waals surface area contributed by atoms with Crippen molar-refractivity contribution in [1.29, 1.82) is 0 Å². The molecule has 0 fully saturated rings. The Morgan fingerprint density at radius 2 is 0.969 bits per heavy atom. The van der Waals surface area contributed by atoms with E-state index >= 15 is 0 Å². The Hall–Kier alpha value is -7.52. The zero-order chi connectivity index (χ0) is 43.7. The molecule has 1 aromatic heterocycles. The van der Waals surface area contributed by atoms with Gasteiger partial charge in [-0.25, -0.2) is 0 Å². The lowest BCUT2D eigenvalue weighted by Crippen LogP contribution is -2.28. The van der Waals surface area contributed by atoms with Crippen molar-refractivity contribution in [2.24, 2.45) is 0 Å². The van der Waals surface area contributed by atoms with E-state index in [9.17, 15) is 0 Å². The average molecular weight is 850 g/mol. The number of fused-ring (bicyclic) bond motifs is 7. The highest BCUT2D eigenvalue weighted by molar-refractivity contribution is 7.25. The third kappa shape index (κ3) is 6.20. The summed E-state index contributed by atoms with van der Waals surface area (Å²) in [6.07, 6.45) is 0. The van der Waals surface area contributed by atoms with Gasteiger partial charge in [-0.2, -0.15) is 0 Å². The molecule has 65 heavy (non-hydrogen) atoms. The van der Waals surface area contributed by atoms with E-state index in [0.717, 1.165) is 17.1 Å². The topological polar surface area (TPSA) is 3.24 Å². The Morgan fingerprint density at radius 3 is 1.71 bits per heavy atom. The molecule has 11 aromatic rings. The molecule has 10 aromatic carbocycles. The molecule has 0 saturated carbocycles. The van der Waals surface area contributed by atoms with Crippen molar-refractivity contribution >= 4 is 59.3 Å². The summed E-state index contributed by atoms with van der Waals surface area (Å²) in [5.74, 6) is 0. The van der Waals surface area contributed by atoms with Crippen LogP contribution in [0.5, 0.6) is 0 Å². The summed E-state index contributed by atoms with van der Waals surface area (Å²) in [5.41, 5.74) is 16.7. The molecule has 0 amide bonds. The standard InChI is InChI=1S/C63H47NS/c1-62(2,3)43-34-36-46(37-35-43)64(47-38-39-56-54(41-47)50-26-14-16-30-55(50)63(56,44-20-6-4-7-21-44)45-22-8-5-9-23-45)57-40-33-42-19-10-11-24-48(42)60(57)51-27-13-12-25-49(51)52-29-18-32-59-61(52)53-28-15-17-31-58(53)65-59/h4-41H,1-3H3. The second-order valence-electron chi connectivity index (χ2n) is 18.4. The molecule has 0 saturated heterocycles. The molecular weight excluding hydrogens is 803 g/mol. The van der Waals surface area contributed by atoms with E-state index in [4.69, 9.17) is 0 Å². The lowest BCUT2D eigenvalue weighted by atomic mass is 9.68. The van der Waals surface area contributed by atoms with Crippen LogP contribution in [0.3, 0.4) is 0 Å². The molecule has 0 bridgehead atoms. The predicted octanol–water partition coefficient (Wildman–Crippen LogP) is 17.7. The highest BCUT2D eigenvalue weighted by atomic mass is 32.1. The summed E-state index contributed by atoms with van der Waals surface area (Å²) >= 11 is 1.87. The first-order valence-electron chi connectivity index (χ1n) is 22.7. The average Bonchev–Trinajstić information content (AvgIpc) is 3.88. The summed E-state index contributed by atoms with van der Waals surface area (Å²) in [6.45, 7) is 6.87. The van der Waals surface area contributed by atoms with E-state index in [1.54, 1.807) is 0 Å². The molecule has 0 radical (unpaired) electrons. The molecule has 310 valence electrons. The number of benzene rings is 10. The van der Waals surface area contributed by atoms with E-state index in [1.807, 2.05) is 11.3 Å². The number of thiophene rings is 1. The first kappa shape index (κ1) is 39.1. The van der Waals surface area contributed by atoms with Crippen LogP contribution in [0.25, 0.3) is 64.3 Å². The zero-order valence-electron chi connectivity index (χ0n) is 36.8. The fourth-order valence-electron chi connectivity index (χ4n) is 10.8. The fraction of sp³-hybridized carbons (Fsp3) is 0.0794. The van der Waals surface area contributed by atoms with Crippen LogP contribution in [0.2, 0.25) is 0 Å². The van der Waals surface area contributed by atoms with E-state index in [2.05, 4.69) is 256 Å². The summed E-state index contributed by atoms with van der Waals surface area (Å²) < 4.78 is 2.61. The van der Waals surface area contributed by atoms with Crippen LogP contribution in [0.4, 0.5) is 17.1 Å². The minimum Gasteiger partial charge on any atom is -0.310 e. The maximum Gasteiger partial charge on any atom is 0.0713 e. The van der Waals surface area contributed by atoms with Gasteiger partial charge in [0.05, 0.1) is 11.1 Å². The Labute approximate surface area is 385 Å². The first-order chi connectivity index (χ1) is 31.9. The van der Waals surface area contributed by atoms with Crippen molar-refractivity contribution in [2.75, 3.05) is 4.90 Å². The zero-order valence-corrected chi connectivity index (χ0v) is 37.6. The van der Waals surface area contributed by atoms with E-state index in [1.165, 1.54) is 92.1 Å². The minimum absolute atomic E-state index is 0.0126. The first-order valence-corrected chi connectivity index (χ1v) is 23.5. The molecule has 0 spiro atoms. The van der Waals surface area contributed by atoms with Crippen LogP contribution in [-0.2, 0) is 10.8 Å². The molecule has 0 atom stereocenters. The van der Waals surface area contributed by atoms with Crippen molar-refractivity contribution < 1.29 is 0 Å². The predicted molar refractivity (Wildman–Crippen MR) is 278 cm³/mol. The number of hydrogen-bond acceptors (Lipinski definition) is 2. The fourth-order valence-corrected chi connectivity index (χ4v) is 11.9. The van der Waals surface area contributed by atoms with Crippen LogP contribution in [0.1, 0.15) is 48.6 Å². The van der Waals surface area contributed by atoms with Crippen LogP contribution >= 0.6 is 11.3 Å². The van der Waals surface area contributed by atoms with Gasteiger partial charge in [0.1, 0.15) is 0 Å². The van der Waals surface area contributed by atoms with Gasteiger partial charge >= 0.3 is 0 Å². The minimum atomic E-state index is -0.480. The van der Waals surface area contributed by atoms with Gasteiger partial charge in [-0.15, -0.1) is 11.3 Å². The van der Waals surface area contributed by atoms with Crippen molar-refractivity contribution in [3.05, 3.63) is 258 Å². The quantitative estimate of drug-likeness (QED) is 0.154. The normalized spacial score (nSPS) is 13.0. The Morgan fingerprint density at radius 1 is 0.400 bits per heavy atom. The molecule has 12 rings (SSSR count). The second kappa shape index (κ2) is 15.3. The number of nitrogens with zero attached hydrogens (tertiary/aromatic N) is 1. The largest absolute Gasteiger partial charge is 0.310 e. The van der Waals surface area contributed by atoms with Crippen LogP contribution in [-0.4, -0.2) is 0 Å². The van der Waals surface area contributed by atoms with E-state index in [-0.39, 0.29) is 5.41 Å². The van der Waals surface area contributed by atoms with Gasteiger partial charge < -0.3 is 4.90 Å². The molecule has 0 aliphatic heterocycles. The Bertz CT molecular complexity index is 3530. The van der Waals surface area contributed by atoms with Crippen molar-refractivity contribution in [3.63, 3.8) is 0 Å². The van der Waals surface area contributed by atoms with Gasteiger partial charge in [0.15, 0.2) is 0 Å².